The number of hydrogen-bond donors (Lipinski definition) is 2. The fourth-order valence-electron chi connectivity index (χ4n) is 2.71. The van der Waals surface area contributed by atoms with Crippen LogP contribution in [-0.4, -0.2) is 30.4 Å². The average molecular weight is 382 g/mol. The van der Waals surface area contributed by atoms with Crippen LogP contribution in [0.25, 0.3) is 0 Å². The van der Waals surface area contributed by atoms with Gasteiger partial charge in [0.1, 0.15) is 0 Å². The molecule has 3 aromatic rings. The van der Waals surface area contributed by atoms with Crippen molar-refractivity contribution in [3.05, 3.63) is 65.3 Å². The first-order valence-electron chi connectivity index (χ1n) is 8.72. The van der Waals surface area contributed by atoms with E-state index in [1.54, 1.807) is 27.2 Å². The first-order valence-corrected chi connectivity index (χ1v) is 8.72. The molecule has 0 unspecified atom stereocenters. The van der Waals surface area contributed by atoms with E-state index in [1.165, 1.54) is 0 Å². The number of nitrogens with zero attached hydrogens (tertiary/aromatic N) is 2. The minimum atomic E-state index is -0.316. The second kappa shape index (κ2) is 8.90. The average Bonchev–Trinajstić information content (AvgIpc) is 3.12. The number of aromatic nitrogens is 2. The van der Waals surface area contributed by atoms with Crippen molar-refractivity contribution in [3.63, 3.8) is 0 Å². The number of amides is 2. The van der Waals surface area contributed by atoms with Crippen LogP contribution in [0.15, 0.2) is 47.0 Å². The van der Waals surface area contributed by atoms with Gasteiger partial charge in [-0.1, -0.05) is 29.4 Å². The lowest BCUT2D eigenvalue weighted by Crippen LogP contribution is -2.28. The summed E-state index contributed by atoms with van der Waals surface area (Å²) in [6, 6.07) is 12.7. The summed E-state index contributed by atoms with van der Waals surface area (Å²) in [7, 11) is 3.15. The van der Waals surface area contributed by atoms with E-state index in [4.69, 9.17) is 14.0 Å². The Balaban J connectivity index is 1.62. The summed E-state index contributed by atoms with van der Waals surface area (Å²) < 4.78 is 15.7. The van der Waals surface area contributed by atoms with Crippen LogP contribution in [0.3, 0.4) is 0 Å². The van der Waals surface area contributed by atoms with Crippen LogP contribution >= 0.6 is 0 Å². The van der Waals surface area contributed by atoms with Gasteiger partial charge in [-0.25, -0.2) is 4.79 Å². The van der Waals surface area contributed by atoms with E-state index in [0.717, 1.165) is 11.1 Å². The van der Waals surface area contributed by atoms with Crippen molar-refractivity contribution in [3.8, 4) is 11.5 Å². The third kappa shape index (κ3) is 4.79. The van der Waals surface area contributed by atoms with E-state index in [-0.39, 0.29) is 6.03 Å². The molecule has 0 bridgehead atoms. The normalized spacial score (nSPS) is 10.4. The molecule has 2 amide bonds. The standard InChI is InChI=1S/C20H22N4O4/c1-13-22-19(28-24-13)11-15-6-4-5-7-16(15)23-20(25)21-12-14-8-9-17(26-2)18(10-14)27-3/h4-10H,11-12H2,1-3H3,(H2,21,23,25). The molecule has 8 heteroatoms. The molecular weight excluding hydrogens is 360 g/mol. The molecule has 0 aliphatic heterocycles. The van der Waals surface area contributed by atoms with Crippen molar-refractivity contribution in [2.24, 2.45) is 0 Å². The Labute approximate surface area is 162 Å². The highest BCUT2D eigenvalue weighted by molar-refractivity contribution is 5.90. The van der Waals surface area contributed by atoms with E-state index in [1.807, 2.05) is 36.4 Å². The van der Waals surface area contributed by atoms with Crippen LogP contribution in [0.4, 0.5) is 10.5 Å². The second-order valence-electron chi connectivity index (χ2n) is 6.07. The molecule has 0 radical (unpaired) electrons. The van der Waals surface area contributed by atoms with Gasteiger partial charge in [-0.05, 0) is 36.2 Å². The molecule has 0 atom stereocenters. The summed E-state index contributed by atoms with van der Waals surface area (Å²) in [5, 5.41) is 9.48. The maximum absolute atomic E-state index is 12.3. The van der Waals surface area contributed by atoms with Crippen LogP contribution < -0.4 is 20.1 Å². The number of carbonyl (C=O) groups excluding carboxylic acids is 1. The highest BCUT2D eigenvalue weighted by Crippen LogP contribution is 2.27. The molecule has 146 valence electrons. The van der Waals surface area contributed by atoms with Crippen molar-refractivity contribution in [1.82, 2.24) is 15.5 Å². The van der Waals surface area contributed by atoms with Gasteiger partial charge >= 0.3 is 6.03 Å². The van der Waals surface area contributed by atoms with Gasteiger partial charge in [0, 0.05) is 12.2 Å². The molecular formula is C20H22N4O4. The van der Waals surface area contributed by atoms with Crippen molar-refractivity contribution in [1.29, 1.82) is 0 Å². The van der Waals surface area contributed by atoms with Crippen LogP contribution in [0, 0.1) is 6.92 Å². The lowest BCUT2D eigenvalue weighted by atomic mass is 10.1. The number of para-hydroxylation sites is 1. The third-order valence-electron chi connectivity index (χ3n) is 4.08. The van der Waals surface area contributed by atoms with E-state index in [0.29, 0.717) is 41.9 Å². The fraction of sp³-hybridized carbons (Fsp3) is 0.250. The number of benzene rings is 2. The molecule has 0 saturated heterocycles. The number of ether oxygens (including phenoxy) is 2. The predicted octanol–water partition coefficient (Wildman–Crippen LogP) is 3.31. The molecule has 28 heavy (non-hydrogen) atoms. The number of urea groups is 1. The van der Waals surface area contributed by atoms with E-state index < -0.39 is 0 Å². The molecule has 0 aliphatic rings. The number of aryl methyl sites for hydroxylation is 1. The minimum Gasteiger partial charge on any atom is -0.493 e. The molecule has 1 heterocycles. The van der Waals surface area contributed by atoms with Gasteiger partial charge in [0.25, 0.3) is 0 Å². The predicted molar refractivity (Wildman–Crippen MR) is 104 cm³/mol. The summed E-state index contributed by atoms with van der Waals surface area (Å²) in [5.74, 6) is 2.33. The summed E-state index contributed by atoms with van der Waals surface area (Å²) in [5.41, 5.74) is 2.46. The number of carbonyl (C=O) groups is 1. The quantitative estimate of drug-likeness (QED) is 0.650. The molecule has 3 rings (SSSR count). The van der Waals surface area contributed by atoms with Crippen LogP contribution in [0.5, 0.6) is 11.5 Å². The molecule has 2 N–H and O–H groups in total. The SMILES string of the molecule is COc1ccc(CNC(=O)Nc2ccccc2Cc2nc(C)no2)cc1OC. The van der Waals surface area contributed by atoms with E-state index in [2.05, 4.69) is 20.8 Å². The highest BCUT2D eigenvalue weighted by Gasteiger charge is 2.11. The number of rotatable bonds is 7. The number of hydrogen-bond acceptors (Lipinski definition) is 6. The lowest BCUT2D eigenvalue weighted by molar-refractivity contribution is 0.251. The topological polar surface area (TPSA) is 98.5 Å². The Morgan fingerprint density at radius 2 is 1.89 bits per heavy atom. The molecule has 0 spiro atoms. The zero-order chi connectivity index (χ0) is 19.9. The molecule has 0 saturated carbocycles. The third-order valence-corrected chi connectivity index (χ3v) is 4.08. The zero-order valence-corrected chi connectivity index (χ0v) is 16.0. The van der Waals surface area contributed by atoms with E-state index in [9.17, 15) is 4.79 Å². The van der Waals surface area contributed by atoms with Crippen molar-refractivity contribution >= 4 is 11.7 Å². The first kappa shape index (κ1) is 19.2. The molecule has 1 aromatic heterocycles. The Kier molecular flexibility index (Phi) is 6.11. The number of methoxy groups -OCH3 is 2. The summed E-state index contributed by atoms with van der Waals surface area (Å²) in [4.78, 5) is 16.5. The maximum Gasteiger partial charge on any atom is 0.319 e. The maximum atomic E-state index is 12.3. The molecule has 0 fully saturated rings. The fourth-order valence-corrected chi connectivity index (χ4v) is 2.71. The molecule has 0 aliphatic carbocycles. The monoisotopic (exact) mass is 382 g/mol. The first-order chi connectivity index (χ1) is 13.6. The smallest absolute Gasteiger partial charge is 0.319 e. The Bertz CT molecular complexity index is 955. The number of anilines is 1. The second-order valence-corrected chi connectivity index (χ2v) is 6.07. The van der Waals surface area contributed by atoms with Gasteiger partial charge in [-0.2, -0.15) is 4.98 Å². The van der Waals surface area contributed by atoms with Crippen molar-refractivity contribution in [2.45, 2.75) is 19.9 Å². The Morgan fingerprint density at radius 1 is 1.11 bits per heavy atom. The molecule has 8 nitrogen and oxygen atoms in total. The van der Waals surface area contributed by atoms with Gasteiger partial charge in [0.2, 0.25) is 5.89 Å². The van der Waals surface area contributed by atoms with Gasteiger partial charge in [-0.3, -0.25) is 0 Å². The van der Waals surface area contributed by atoms with Gasteiger partial charge < -0.3 is 24.6 Å². The minimum absolute atomic E-state index is 0.316. The Hall–Kier alpha value is -3.55. The van der Waals surface area contributed by atoms with Gasteiger partial charge in [0.05, 0.1) is 20.6 Å². The zero-order valence-electron chi connectivity index (χ0n) is 16.0. The van der Waals surface area contributed by atoms with Crippen LogP contribution in [0.2, 0.25) is 0 Å². The summed E-state index contributed by atoms with van der Waals surface area (Å²) >= 11 is 0. The Morgan fingerprint density at radius 3 is 2.61 bits per heavy atom. The largest absolute Gasteiger partial charge is 0.493 e. The summed E-state index contributed by atoms with van der Waals surface area (Å²) in [6.45, 7) is 2.11. The van der Waals surface area contributed by atoms with Gasteiger partial charge in [0.15, 0.2) is 17.3 Å². The van der Waals surface area contributed by atoms with Crippen molar-refractivity contribution < 1.29 is 18.8 Å². The summed E-state index contributed by atoms with van der Waals surface area (Å²) in [6.07, 6.45) is 0.437. The van der Waals surface area contributed by atoms with Crippen LogP contribution in [-0.2, 0) is 13.0 Å². The highest BCUT2D eigenvalue weighted by atomic mass is 16.5. The van der Waals surface area contributed by atoms with Crippen LogP contribution in [0.1, 0.15) is 22.8 Å². The van der Waals surface area contributed by atoms with Crippen molar-refractivity contribution in [2.75, 3.05) is 19.5 Å². The molecule has 2 aromatic carbocycles. The number of nitrogens with one attached hydrogen (secondary N) is 2. The van der Waals surface area contributed by atoms with Gasteiger partial charge in [-0.15, -0.1) is 0 Å². The van der Waals surface area contributed by atoms with E-state index >= 15 is 0 Å². The lowest BCUT2D eigenvalue weighted by Gasteiger charge is -2.12.